The largest absolute Gasteiger partial charge is 0.396 e. The maximum absolute atomic E-state index is 11.6. The molecular formula is C13H14N2O2. The molecule has 0 unspecified atom stereocenters. The quantitative estimate of drug-likeness (QED) is 0.846. The highest BCUT2D eigenvalue weighted by molar-refractivity contribution is 5.15. The molecule has 1 aromatic heterocycles. The third kappa shape index (κ3) is 3.01. The van der Waals surface area contributed by atoms with E-state index in [0.717, 1.165) is 11.3 Å². The normalized spacial score (nSPS) is 10.4. The van der Waals surface area contributed by atoms with Crippen molar-refractivity contribution in [3.05, 3.63) is 64.1 Å². The zero-order valence-corrected chi connectivity index (χ0v) is 9.41. The topological polar surface area (TPSA) is 55.1 Å². The fourth-order valence-corrected chi connectivity index (χ4v) is 1.61. The van der Waals surface area contributed by atoms with Gasteiger partial charge in [0.2, 0.25) is 0 Å². The first-order valence-electron chi connectivity index (χ1n) is 5.51. The summed E-state index contributed by atoms with van der Waals surface area (Å²) in [5.74, 6) is 0. The summed E-state index contributed by atoms with van der Waals surface area (Å²) in [6.07, 6.45) is 0.467. The highest BCUT2D eigenvalue weighted by atomic mass is 16.3. The molecule has 1 aromatic carbocycles. The predicted molar refractivity (Wildman–Crippen MR) is 64.8 cm³/mol. The molecule has 4 nitrogen and oxygen atoms in total. The van der Waals surface area contributed by atoms with Crippen molar-refractivity contribution < 1.29 is 5.11 Å². The molecule has 0 aliphatic carbocycles. The van der Waals surface area contributed by atoms with E-state index in [0.29, 0.717) is 13.0 Å². The number of aliphatic hydroxyl groups is 1. The van der Waals surface area contributed by atoms with E-state index in [1.807, 2.05) is 30.3 Å². The number of hydrogen-bond acceptors (Lipinski definition) is 3. The van der Waals surface area contributed by atoms with Crippen molar-refractivity contribution in [3.63, 3.8) is 0 Å². The van der Waals surface area contributed by atoms with Gasteiger partial charge in [-0.25, -0.2) is 4.68 Å². The SMILES string of the molecule is O=c1ccc(CCO)nn1Cc1ccccc1. The Morgan fingerprint density at radius 2 is 1.88 bits per heavy atom. The Hall–Kier alpha value is -1.94. The van der Waals surface area contributed by atoms with Crippen LogP contribution in [0.1, 0.15) is 11.3 Å². The summed E-state index contributed by atoms with van der Waals surface area (Å²) >= 11 is 0. The summed E-state index contributed by atoms with van der Waals surface area (Å²) in [5.41, 5.74) is 1.63. The highest BCUT2D eigenvalue weighted by Gasteiger charge is 2.01. The maximum Gasteiger partial charge on any atom is 0.267 e. The van der Waals surface area contributed by atoms with Gasteiger partial charge in [0.15, 0.2) is 0 Å². The smallest absolute Gasteiger partial charge is 0.267 e. The van der Waals surface area contributed by atoms with Gasteiger partial charge in [0.05, 0.1) is 12.2 Å². The molecule has 0 amide bonds. The van der Waals surface area contributed by atoms with Crippen molar-refractivity contribution in [1.29, 1.82) is 0 Å². The molecule has 0 bridgehead atoms. The lowest BCUT2D eigenvalue weighted by Crippen LogP contribution is -2.23. The fourth-order valence-electron chi connectivity index (χ4n) is 1.61. The molecule has 88 valence electrons. The standard InChI is InChI=1S/C13H14N2O2/c16-9-8-12-6-7-13(17)15(14-12)10-11-4-2-1-3-5-11/h1-7,16H,8-10H2. The van der Waals surface area contributed by atoms with E-state index in [1.54, 1.807) is 6.07 Å². The average molecular weight is 230 g/mol. The predicted octanol–water partition coefficient (Wildman–Crippen LogP) is 0.826. The van der Waals surface area contributed by atoms with Gasteiger partial charge in [-0.3, -0.25) is 4.79 Å². The Kier molecular flexibility index (Phi) is 3.67. The Labute approximate surface area is 99.2 Å². The third-order valence-corrected chi connectivity index (χ3v) is 2.46. The number of aromatic nitrogens is 2. The van der Waals surface area contributed by atoms with E-state index in [9.17, 15) is 4.79 Å². The second-order valence-electron chi connectivity index (χ2n) is 3.78. The monoisotopic (exact) mass is 230 g/mol. The van der Waals surface area contributed by atoms with Crippen molar-refractivity contribution in [1.82, 2.24) is 9.78 Å². The van der Waals surface area contributed by atoms with Crippen LogP contribution in [-0.2, 0) is 13.0 Å². The van der Waals surface area contributed by atoms with Crippen LogP contribution in [0, 0.1) is 0 Å². The number of nitrogens with zero attached hydrogens (tertiary/aromatic N) is 2. The van der Waals surface area contributed by atoms with E-state index in [4.69, 9.17) is 5.11 Å². The van der Waals surface area contributed by atoms with Crippen LogP contribution >= 0.6 is 0 Å². The van der Waals surface area contributed by atoms with Gasteiger partial charge in [-0.15, -0.1) is 0 Å². The molecule has 0 atom stereocenters. The lowest BCUT2D eigenvalue weighted by molar-refractivity contribution is 0.297. The summed E-state index contributed by atoms with van der Waals surface area (Å²) in [7, 11) is 0. The zero-order valence-electron chi connectivity index (χ0n) is 9.41. The van der Waals surface area contributed by atoms with Crippen LogP contribution in [0.15, 0.2) is 47.3 Å². The van der Waals surface area contributed by atoms with E-state index in [2.05, 4.69) is 5.10 Å². The first-order valence-corrected chi connectivity index (χ1v) is 5.51. The van der Waals surface area contributed by atoms with Crippen LogP contribution in [0.25, 0.3) is 0 Å². The summed E-state index contributed by atoms with van der Waals surface area (Å²) in [4.78, 5) is 11.6. The molecule has 0 aliphatic heterocycles. The van der Waals surface area contributed by atoms with Gasteiger partial charge in [-0.1, -0.05) is 30.3 Å². The molecule has 2 aromatic rings. The Bertz CT molecular complexity index is 535. The Balaban J connectivity index is 2.26. The van der Waals surface area contributed by atoms with E-state index >= 15 is 0 Å². The van der Waals surface area contributed by atoms with E-state index < -0.39 is 0 Å². The molecule has 0 radical (unpaired) electrons. The molecule has 1 N–H and O–H groups in total. The Morgan fingerprint density at radius 1 is 1.12 bits per heavy atom. The number of rotatable bonds is 4. The minimum absolute atomic E-state index is 0.0382. The summed E-state index contributed by atoms with van der Waals surface area (Å²) in [6, 6.07) is 12.8. The fraction of sp³-hybridized carbons (Fsp3) is 0.231. The van der Waals surface area contributed by atoms with E-state index in [1.165, 1.54) is 10.7 Å². The van der Waals surface area contributed by atoms with Crippen LogP contribution in [0.5, 0.6) is 0 Å². The molecular weight excluding hydrogens is 216 g/mol. The van der Waals surface area contributed by atoms with Gasteiger partial charge in [-0.05, 0) is 11.6 Å². The van der Waals surface area contributed by atoms with Gasteiger partial charge in [0.1, 0.15) is 0 Å². The third-order valence-electron chi connectivity index (χ3n) is 2.46. The van der Waals surface area contributed by atoms with Gasteiger partial charge in [0, 0.05) is 19.1 Å². The summed E-state index contributed by atoms with van der Waals surface area (Å²) in [6.45, 7) is 0.496. The number of aliphatic hydroxyl groups excluding tert-OH is 1. The summed E-state index contributed by atoms with van der Waals surface area (Å²) in [5, 5.41) is 13.0. The van der Waals surface area contributed by atoms with Gasteiger partial charge in [0.25, 0.3) is 5.56 Å². The van der Waals surface area contributed by atoms with Crippen molar-refractivity contribution in [2.24, 2.45) is 0 Å². The molecule has 0 saturated heterocycles. The molecule has 2 rings (SSSR count). The van der Waals surface area contributed by atoms with Crippen LogP contribution in [-0.4, -0.2) is 21.5 Å². The van der Waals surface area contributed by atoms with Crippen LogP contribution in [0.3, 0.4) is 0 Å². The minimum atomic E-state index is -0.129. The number of hydrogen-bond donors (Lipinski definition) is 1. The van der Waals surface area contributed by atoms with E-state index in [-0.39, 0.29) is 12.2 Å². The van der Waals surface area contributed by atoms with Crippen LogP contribution in [0.4, 0.5) is 0 Å². The molecule has 17 heavy (non-hydrogen) atoms. The lowest BCUT2D eigenvalue weighted by Gasteiger charge is -2.06. The first-order chi connectivity index (χ1) is 8.29. The first kappa shape index (κ1) is 11.5. The highest BCUT2D eigenvalue weighted by Crippen LogP contribution is 2.00. The molecule has 0 fully saturated rings. The molecule has 0 saturated carbocycles. The molecule has 0 spiro atoms. The molecule has 4 heteroatoms. The lowest BCUT2D eigenvalue weighted by atomic mass is 10.2. The maximum atomic E-state index is 11.6. The molecule has 1 heterocycles. The van der Waals surface area contributed by atoms with Crippen molar-refractivity contribution >= 4 is 0 Å². The average Bonchev–Trinajstić information content (AvgIpc) is 2.35. The van der Waals surface area contributed by atoms with Gasteiger partial charge >= 0.3 is 0 Å². The second-order valence-corrected chi connectivity index (χ2v) is 3.78. The van der Waals surface area contributed by atoms with Crippen LogP contribution < -0.4 is 5.56 Å². The van der Waals surface area contributed by atoms with Gasteiger partial charge in [-0.2, -0.15) is 5.10 Å². The number of benzene rings is 1. The second kappa shape index (κ2) is 5.41. The van der Waals surface area contributed by atoms with Crippen LogP contribution in [0.2, 0.25) is 0 Å². The van der Waals surface area contributed by atoms with Crippen molar-refractivity contribution in [2.45, 2.75) is 13.0 Å². The van der Waals surface area contributed by atoms with Crippen molar-refractivity contribution in [3.8, 4) is 0 Å². The van der Waals surface area contributed by atoms with Crippen molar-refractivity contribution in [2.75, 3.05) is 6.61 Å². The summed E-state index contributed by atoms with van der Waals surface area (Å²) < 4.78 is 1.42. The Morgan fingerprint density at radius 3 is 2.59 bits per heavy atom. The zero-order chi connectivity index (χ0) is 12.1. The van der Waals surface area contributed by atoms with Gasteiger partial charge < -0.3 is 5.11 Å². The minimum Gasteiger partial charge on any atom is -0.396 e. The molecule has 0 aliphatic rings.